The number of carbonyl (C=O) groups excluding carboxylic acids is 1. The van der Waals surface area contributed by atoms with Gasteiger partial charge in [-0.1, -0.05) is 25.1 Å². The van der Waals surface area contributed by atoms with E-state index in [1.54, 1.807) is 24.3 Å². The Morgan fingerprint density at radius 3 is 2.85 bits per heavy atom. The first kappa shape index (κ1) is 23.5. The van der Waals surface area contributed by atoms with Crippen LogP contribution in [0.5, 0.6) is 0 Å². The third-order valence-electron chi connectivity index (χ3n) is 5.23. The second-order valence-electron chi connectivity index (χ2n) is 7.35. The maximum Gasteiger partial charge on any atom is 0.353 e. The van der Waals surface area contributed by atoms with E-state index in [4.69, 9.17) is 33.0 Å². The number of hydrogen-bond acceptors (Lipinski definition) is 8. The summed E-state index contributed by atoms with van der Waals surface area (Å²) in [5.41, 5.74) is 1.03. The molecule has 3 heterocycles. The number of carbonyl (C=O) groups is 1. The number of anilines is 1. The molecule has 2 aromatic heterocycles. The molecule has 0 aliphatic carbocycles. The summed E-state index contributed by atoms with van der Waals surface area (Å²) in [7, 11) is 0. The van der Waals surface area contributed by atoms with Crippen LogP contribution in [-0.2, 0) is 14.2 Å². The minimum Gasteiger partial charge on any atom is -0.449 e. The van der Waals surface area contributed by atoms with Crippen molar-refractivity contribution in [1.29, 1.82) is 0 Å². The van der Waals surface area contributed by atoms with E-state index in [0.29, 0.717) is 12.0 Å². The zero-order chi connectivity index (χ0) is 24.1. The van der Waals surface area contributed by atoms with Gasteiger partial charge in [0.1, 0.15) is 12.4 Å². The lowest BCUT2D eigenvalue weighted by atomic mass is 10.1. The van der Waals surface area contributed by atoms with Crippen LogP contribution in [0.3, 0.4) is 0 Å². The molecule has 10 nitrogen and oxygen atoms in total. The Morgan fingerprint density at radius 1 is 1.32 bits per heavy atom. The van der Waals surface area contributed by atoms with Crippen LogP contribution < -0.4 is 5.32 Å². The lowest BCUT2D eigenvalue weighted by Crippen LogP contribution is -2.34. The van der Waals surface area contributed by atoms with E-state index >= 15 is 4.39 Å². The summed E-state index contributed by atoms with van der Waals surface area (Å²) < 4.78 is 33.5. The molecule has 0 spiro atoms. The van der Waals surface area contributed by atoms with Gasteiger partial charge in [0.25, 0.3) is 5.91 Å². The molecule has 1 N–H and O–H groups in total. The number of aromatic nitrogens is 4. The molecule has 1 fully saturated rings. The summed E-state index contributed by atoms with van der Waals surface area (Å²) >= 11 is 5.02. The topological polar surface area (TPSA) is 105 Å². The molecule has 0 saturated carbocycles. The number of ether oxygens (including phenoxy) is 3. The molecule has 4 rings (SSSR count). The van der Waals surface area contributed by atoms with Crippen LogP contribution in [0.1, 0.15) is 29.9 Å². The number of fused-ring (bicyclic) bond motifs is 1. The molecule has 1 unspecified atom stereocenters. The first-order chi connectivity index (χ1) is 16.5. The predicted octanol–water partition coefficient (Wildman–Crippen LogP) is 3.33. The van der Waals surface area contributed by atoms with Crippen LogP contribution in [0.4, 0.5) is 10.2 Å². The largest absolute Gasteiger partial charge is 0.449 e. The third kappa shape index (κ3) is 4.80. The van der Waals surface area contributed by atoms with Gasteiger partial charge in [-0.25, -0.2) is 25.9 Å². The quantitative estimate of drug-likeness (QED) is 0.309. The van der Waals surface area contributed by atoms with E-state index in [-0.39, 0.29) is 41.3 Å². The van der Waals surface area contributed by atoms with Crippen molar-refractivity contribution >= 4 is 40.3 Å². The molecule has 0 radical (unpaired) electrons. The number of imidazole rings is 1. The molecule has 0 bridgehead atoms. The van der Waals surface area contributed by atoms with Crippen LogP contribution in [0.15, 0.2) is 43.0 Å². The van der Waals surface area contributed by atoms with Gasteiger partial charge in [0.2, 0.25) is 6.54 Å². The SMILES string of the molecule is [C-]#[N+]CCOC(=S)O[C@@H]1[C@@H](CC)OC(n2cnc3c(NC(=O)c4ccccc4)ncnc32)[C@@H]1F. The van der Waals surface area contributed by atoms with Crippen molar-refractivity contribution in [3.63, 3.8) is 0 Å². The number of nitrogens with zero attached hydrogens (tertiary/aromatic N) is 5. The Kier molecular flexibility index (Phi) is 7.24. The molecule has 1 aliphatic heterocycles. The van der Waals surface area contributed by atoms with Crippen LogP contribution in [0.25, 0.3) is 16.0 Å². The second-order valence-corrected chi connectivity index (χ2v) is 7.68. The smallest absolute Gasteiger partial charge is 0.353 e. The van der Waals surface area contributed by atoms with Crippen molar-refractivity contribution in [2.24, 2.45) is 0 Å². The van der Waals surface area contributed by atoms with Gasteiger partial charge in [-0.2, -0.15) is 0 Å². The van der Waals surface area contributed by atoms with Crippen LogP contribution in [0.2, 0.25) is 0 Å². The molecule has 1 aliphatic rings. The average Bonchev–Trinajstić information content (AvgIpc) is 3.41. The number of rotatable bonds is 7. The zero-order valence-corrected chi connectivity index (χ0v) is 18.9. The Balaban J connectivity index is 1.54. The van der Waals surface area contributed by atoms with Gasteiger partial charge >= 0.3 is 5.24 Å². The van der Waals surface area contributed by atoms with Crippen molar-refractivity contribution in [2.45, 2.75) is 38.0 Å². The van der Waals surface area contributed by atoms with Gasteiger partial charge in [0.05, 0.1) is 6.33 Å². The number of amides is 1. The minimum atomic E-state index is -1.61. The highest BCUT2D eigenvalue weighted by Crippen LogP contribution is 2.37. The zero-order valence-electron chi connectivity index (χ0n) is 18.1. The summed E-state index contributed by atoms with van der Waals surface area (Å²) in [6.45, 7) is 8.79. The van der Waals surface area contributed by atoms with E-state index in [2.05, 4.69) is 25.1 Å². The molecular weight excluding hydrogens is 463 g/mol. The van der Waals surface area contributed by atoms with E-state index in [1.807, 2.05) is 13.0 Å². The summed E-state index contributed by atoms with van der Waals surface area (Å²) in [6.07, 6.45) is -1.19. The molecule has 3 aromatic rings. The van der Waals surface area contributed by atoms with E-state index in [1.165, 1.54) is 17.2 Å². The number of halogens is 1. The average molecular weight is 485 g/mol. The summed E-state index contributed by atoms with van der Waals surface area (Å²) in [5.74, 6) is -0.165. The maximum absolute atomic E-state index is 15.5. The minimum absolute atomic E-state index is 0.0631. The highest BCUT2D eigenvalue weighted by molar-refractivity contribution is 7.79. The summed E-state index contributed by atoms with van der Waals surface area (Å²) in [4.78, 5) is 28.3. The summed E-state index contributed by atoms with van der Waals surface area (Å²) in [6, 6.07) is 8.66. The molecule has 34 heavy (non-hydrogen) atoms. The van der Waals surface area contributed by atoms with E-state index in [0.717, 1.165) is 0 Å². The Labute approximate surface area is 199 Å². The fourth-order valence-corrected chi connectivity index (χ4v) is 3.80. The van der Waals surface area contributed by atoms with Crippen molar-refractivity contribution < 1.29 is 23.4 Å². The standard InChI is InChI=1S/C22H21FN6O4S/c1-3-14-17(33-22(34)31-10-9-24-2)15(23)21(32-14)29-12-27-16-18(25-11-26-19(16)29)28-20(30)13-7-5-4-6-8-13/h4-8,11-12,14-15,17,21H,3,9-10H2,1H3,(H,25,26,28,30)/t14-,15-,17-,21?/m1/s1. The van der Waals surface area contributed by atoms with Gasteiger partial charge in [-0.15, -0.1) is 0 Å². The maximum atomic E-state index is 15.5. The summed E-state index contributed by atoms with van der Waals surface area (Å²) in [5, 5.41) is 2.48. The second kappa shape index (κ2) is 10.5. The first-order valence-corrected chi connectivity index (χ1v) is 10.9. The number of alkyl halides is 1. The lowest BCUT2D eigenvalue weighted by molar-refractivity contribution is -0.0246. The van der Waals surface area contributed by atoms with Crippen molar-refractivity contribution in [2.75, 3.05) is 18.5 Å². The van der Waals surface area contributed by atoms with Gasteiger partial charge in [0.15, 0.2) is 42.1 Å². The van der Waals surface area contributed by atoms with E-state index in [9.17, 15) is 4.79 Å². The first-order valence-electron chi connectivity index (χ1n) is 10.5. The van der Waals surface area contributed by atoms with Crippen molar-refractivity contribution in [3.05, 3.63) is 60.0 Å². The van der Waals surface area contributed by atoms with Gasteiger partial charge in [0, 0.05) is 17.8 Å². The van der Waals surface area contributed by atoms with Gasteiger partial charge in [-0.05, 0) is 18.6 Å². The molecule has 1 aromatic carbocycles. The molecule has 4 atom stereocenters. The number of hydrogen-bond donors (Lipinski definition) is 1. The molecule has 1 saturated heterocycles. The monoisotopic (exact) mass is 484 g/mol. The fraction of sp³-hybridized carbons (Fsp3) is 0.364. The predicted molar refractivity (Wildman–Crippen MR) is 124 cm³/mol. The van der Waals surface area contributed by atoms with Crippen molar-refractivity contribution in [3.8, 4) is 0 Å². The Bertz CT molecular complexity index is 1220. The highest BCUT2D eigenvalue weighted by Gasteiger charge is 2.48. The molecule has 1 amide bonds. The third-order valence-corrected chi connectivity index (χ3v) is 5.44. The fourth-order valence-electron chi connectivity index (χ4n) is 3.61. The Hall–Kier alpha value is -3.69. The molecular formula is C22H21FN6O4S. The van der Waals surface area contributed by atoms with Crippen molar-refractivity contribution in [1.82, 2.24) is 19.5 Å². The van der Waals surface area contributed by atoms with Crippen LogP contribution in [0, 0.1) is 6.57 Å². The Morgan fingerprint density at radius 2 is 2.12 bits per heavy atom. The highest BCUT2D eigenvalue weighted by atomic mass is 32.1. The number of nitrogens with one attached hydrogen (secondary N) is 1. The van der Waals surface area contributed by atoms with Gasteiger partial charge < -0.3 is 24.4 Å². The molecule has 12 heteroatoms. The van der Waals surface area contributed by atoms with Gasteiger partial charge in [-0.3, -0.25) is 9.36 Å². The normalized spacial score (nSPS) is 21.7. The number of thiocarbonyl (C=S) groups is 1. The van der Waals surface area contributed by atoms with E-state index < -0.39 is 24.6 Å². The van der Waals surface area contributed by atoms with Crippen LogP contribution in [-0.4, -0.2) is 62.2 Å². The molecule has 176 valence electrons. The van der Waals surface area contributed by atoms with Crippen LogP contribution >= 0.6 is 12.2 Å². The lowest BCUT2D eigenvalue weighted by Gasteiger charge is -2.19. The number of benzene rings is 1.